The minimum Gasteiger partial charge on any atom is -0.355 e. The van der Waals surface area contributed by atoms with Crippen molar-refractivity contribution in [1.82, 2.24) is 10.6 Å². The fourth-order valence-electron chi connectivity index (χ4n) is 2.58. The molecule has 0 aliphatic carbocycles. The SMILES string of the molecule is CNC(=O)c1c(C)cccc1NC(=O)c1ccc(C(=O)NC(C)(C)C)cc1. The Morgan fingerprint density at radius 2 is 1.37 bits per heavy atom. The molecule has 0 bridgehead atoms. The lowest BCUT2D eigenvalue weighted by molar-refractivity contribution is 0.0916. The van der Waals surface area contributed by atoms with Gasteiger partial charge in [-0.2, -0.15) is 0 Å². The largest absolute Gasteiger partial charge is 0.355 e. The van der Waals surface area contributed by atoms with E-state index < -0.39 is 0 Å². The molecule has 6 heteroatoms. The molecule has 0 heterocycles. The van der Waals surface area contributed by atoms with E-state index in [2.05, 4.69) is 16.0 Å². The molecular formula is C21H25N3O3. The van der Waals surface area contributed by atoms with Crippen LogP contribution in [0.5, 0.6) is 0 Å². The number of rotatable bonds is 4. The second kappa shape index (κ2) is 8.03. The van der Waals surface area contributed by atoms with E-state index in [1.165, 1.54) is 0 Å². The number of amides is 3. The molecule has 142 valence electrons. The topological polar surface area (TPSA) is 87.3 Å². The Bertz CT molecular complexity index is 865. The van der Waals surface area contributed by atoms with Crippen molar-refractivity contribution in [3.63, 3.8) is 0 Å². The van der Waals surface area contributed by atoms with Crippen LogP contribution in [0.3, 0.4) is 0 Å². The predicted molar refractivity (Wildman–Crippen MR) is 106 cm³/mol. The second-order valence-electron chi connectivity index (χ2n) is 7.31. The number of carbonyl (C=O) groups is 3. The molecule has 0 unspecified atom stereocenters. The molecule has 0 atom stereocenters. The third-order valence-electron chi connectivity index (χ3n) is 3.87. The molecule has 0 fully saturated rings. The minimum atomic E-state index is -0.353. The molecule has 3 amide bonds. The molecule has 0 radical (unpaired) electrons. The van der Waals surface area contributed by atoms with Crippen LogP contribution in [-0.2, 0) is 0 Å². The maximum absolute atomic E-state index is 12.6. The number of hydrogen-bond donors (Lipinski definition) is 3. The summed E-state index contributed by atoms with van der Waals surface area (Å²) in [5.74, 6) is -0.818. The smallest absolute Gasteiger partial charge is 0.255 e. The molecule has 2 aromatic rings. The standard InChI is InChI=1S/C21H25N3O3/c1-13-7-6-8-16(17(13)20(27)22-5)23-18(25)14-9-11-15(12-10-14)19(26)24-21(2,3)4/h6-12H,1-5H3,(H,22,27)(H,23,25)(H,24,26). The normalized spacial score (nSPS) is 10.9. The first-order valence-corrected chi connectivity index (χ1v) is 8.68. The minimum absolute atomic E-state index is 0.199. The first-order chi connectivity index (χ1) is 12.6. The van der Waals surface area contributed by atoms with Crippen molar-refractivity contribution < 1.29 is 14.4 Å². The monoisotopic (exact) mass is 367 g/mol. The number of carbonyl (C=O) groups excluding carboxylic acids is 3. The van der Waals surface area contributed by atoms with Gasteiger partial charge in [0.15, 0.2) is 0 Å². The van der Waals surface area contributed by atoms with Gasteiger partial charge >= 0.3 is 0 Å². The maximum atomic E-state index is 12.6. The molecule has 6 nitrogen and oxygen atoms in total. The Morgan fingerprint density at radius 3 is 1.89 bits per heavy atom. The molecular weight excluding hydrogens is 342 g/mol. The molecule has 27 heavy (non-hydrogen) atoms. The van der Waals surface area contributed by atoms with Gasteiger partial charge in [0.2, 0.25) is 0 Å². The van der Waals surface area contributed by atoms with Gasteiger partial charge in [-0.25, -0.2) is 0 Å². The first-order valence-electron chi connectivity index (χ1n) is 8.68. The van der Waals surface area contributed by atoms with E-state index >= 15 is 0 Å². The van der Waals surface area contributed by atoms with Crippen LogP contribution in [0, 0.1) is 6.92 Å². The van der Waals surface area contributed by atoms with Crippen LogP contribution in [0.2, 0.25) is 0 Å². The summed E-state index contributed by atoms with van der Waals surface area (Å²) in [5, 5.41) is 8.22. The number of nitrogens with one attached hydrogen (secondary N) is 3. The summed E-state index contributed by atoms with van der Waals surface area (Å²) in [6.45, 7) is 7.51. The zero-order valence-corrected chi connectivity index (χ0v) is 16.3. The van der Waals surface area contributed by atoms with Crippen molar-refractivity contribution in [2.45, 2.75) is 33.2 Å². The van der Waals surface area contributed by atoms with Gasteiger partial charge in [0.1, 0.15) is 0 Å². The van der Waals surface area contributed by atoms with E-state index in [0.717, 1.165) is 5.56 Å². The molecule has 2 rings (SSSR count). The Balaban J connectivity index is 2.19. The molecule has 0 aliphatic rings. The highest BCUT2D eigenvalue weighted by atomic mass is 16.2. The van der Waals surface area contributed by atoms with E-state index in [1.807, 2.05) is 33.8 Å². The number of hydrogen-bond acceptors (Lipinski definition) is 3. The molecule has 0 saturated carbocycles. The van der Waals surface area contributed by atoms with E-state index in [4.69, 9.17) is 0 Å². The van der Waals surface area contributed by atoms with Gasteiger partial charge < -0.3 is 16.0 Å². The average Bonchev–Trinajstić information content (AvgIpc) is 2.60. The van der Waals surface area contributed by atoms with Gasteiger partial charge in [0, 0.05) is 23.7 Å². The zero-order chi connectivity index (χ0) is 20.2. The van der Waals surface area contributed by atoms with Crippen molar-refractivity contribution in [3.05, 3.63) is 64.7 Å². The lowest BCUT2D eigenvalue weighted by Gasteiger charge is -2.20. The maximum Gasteiger partial charge on any atom is 0.255 e. The van der Waals surface area contributed by atoms with E-state index in [1.54, 1.807) is 43.4 Å². The van der Waals surface area contributed by atoms with Crippen molar-refractivity contribution in [2.75, 3.05) is 12.4 Å². The zero-order valence-electron chi connectivity index (χ0n) is 16.3. The summed E-state index contributed by atoms with van der Waals surface area (Å²) in [5.41, 5.74) is 2.16. The predicted octanol–water partition coefficient (Wildman–Crippen LogP) is 3.14. The Hall–Kier alpha value is -3.15. The van der Waals surface area contributed by atoms with Crippen molar-refractivity contribution >= 4 is 23.4 Å². The average molecular weight is 367 g/mol. The molecule has 3 N–H and O–H groups in total. The number of aryl methyl sites for hydroxylation is 1. The van der Waals surface area contributed by atoms with E-state index in [-0.39, 0.29) is 23.3 Å². The quantitative estimate of drug-likeness (QED) is 0.776. The summed E-state index contributed by atoms with van der Waals surface area (Å²) >= 11 is 0. The lowest BCUT2D eigenvalue weighted by Crippen LogP contribution is -2.40. The second-order valence-corrected chi connectivity index (χ2v) is 7.31. The van der Waals surface area contributed by atoms with Gasteiger partial charge in [0.25, 0.3) is 17.7 Å². The number of benzene rings is 2. The van der Waals surface area contributed by atoms with E-state index in [0.29, 0.717) is 22.4 Å². The molecule has 0 spiro atoms. The summed E-state index contributed by atoms with van der Waals surface area (Å²) in [6.07, 6.45) is 0. The van der Waals surface area contributed by atoms with Crippen LogP contribution in [0.1, 0.15) is 57.4 Å². The highest BCUT2D eigenvalue weighted by Gasteiger charge is 2.17. The van der Waals surface area contributed by atoms with Crippen LogP contribution >= 0.6 is 0 Å². The summed E-state index contributed by atoms with van der Waals surface area (Å²) in [6, 6.07) is 11.6. The van der Waals surface area contributed by atoms with Gasteiger partial charge in [0.05, 0.1) is 11.3 Å². The molecule has 0 aliphatic heterocycles. The van der Waals surface area contributed by atoms with Gasteiger partial charge in [-0.3, -0.25) is 14.4 Å². The highest BCUT2D eigenvalue weighted by Crippen LogP contribution is 2.20. The summed E-state index contributed by atoms with van der Waals surface area (Å²) < 4.78 is 0. The first kappa shape index (κ1) is 20.2. The van der Waals surface area contributed by atoms with Crippen LogP contribution in [0.15, 0.2) is 42.5 Å². The van der Waals surface area contributed by atoms with Crippen molar-refractivity contribution in [2.24, 2.45) is 0 Å². The molecule has 0 aromatic heterocycles. The van der Waals surface area contributed by atoms with Gasteiger partial charge in [-0.15, -0.1) is 0 Å². The third-order valence-corrected chi connectivity index (χ3v) is 3.87. The van der Waals surface area contributed by atoms with Gasteiger partial charge in [-0.05, 0) is 63.6 Å². The number of anilines is 1. The van der Waals surface area contributed by atoms with Crippen LogP contribution in [0.25, 0.3) is 0 Å². The summed E-state index contributed by atoms with van der Waals surface area (Å²) in [4.78, 5) is 36.8. The molecule has 0 saturated heterocycles. The molecule has 2 aromatic carbocycles. The van der Waals surface area contributed by atoms with Crippen molar-refractivity contribution in [3.8, 4) is 0 Å². The summed E-state index contributed by atoms with van der Waals surface area (Å²) in [7, 11) is 1.54. The van der Waals surface area contributed by atoms with Crippen LogP contribution in [-0.4, -0.2) is 30.3 Å². The van der Waals surface area contributed by atoms with Crippen molar-refractivity contribution in [1.29, 1.82) is 0 Å². The fourth-order valence-corrected chi connectivity index (χ4v) is 2.58. The Kier molecular flexibility index (Phi) is 6.00. The van der Waals surface area contributed by atoms with Gasteiger partial charge in [-0.1, -0.05) is 12.1 Å². The third kappa shape index (κ3) is 5.17. The fraction of sp³-hybridized carbons (Fsp3) is 0.286. The Morgan fingerprint density at radius 1 is 0.815 bits per heavy atom. The van der Waals surface area contributed by atoms with Crippen LogP contribution < -0.4 is 16.0 Å². The van der Waals surface area contributed by atoms with E-state index in [9.17, 15) is 14.4 Å². The lowest BCUT2D eigenvalue weighted by atomic mass is 10.0. The Labute approximate surface area is 159 Å². The van der Waals surface area contributed by atoms with Crippen LogP contribution in [0.4, 0.5) is 5.69 Å². The highest BCUT2D eigenvalue weighted by molar-refractivity contribution is 6.09.